The van der Waals surface area contributed by atoms with Gasteiger partial charge in [0.25, 0.3) is 0 Å². The predicted molar refractivity (Wildman–Crippen MR) is 101 cm³/mol. The van der Waals surface area contributed by atoms with Gasteiger partial charge >= 0.3 is 11.8 Å². The summed E-state index contributed by atoms with van der Waals surface area (Å²) in [5.41, 5.74) is 1.24. The molecule has 0 atom stereocenters. The molecule has 3 rings (SSSR count). The average Bonchev–Trinajstić information content (AvgIpc) is 2.84. The zero-order valence-corrected chi connectivity index (χ0v) is 16.1. The van der Waals surface area contributed by atoms with Crippen molar-refractivity contribution < 1.29 is 9.59 Å². The molecule has 2 N–H and O–H groups in total. The van der Waals surface area contributed by atoms with Gasteiger partial charge in [-0.1, -0.05) is 29.3 Å². The number of carbonyl (C=O) groups is 2. The van der Waals surface area contributed by atoms with Crippen LogP contribution in [0.25, 0.3) is 0 Å². The molecule has 0 saturated heterocycles. The number of hydrogen-bond acceptors (Lipinski definition) is 3. The van der Waals surface area contributed by atoms with E-state index in [0.717, 1.165) is 30.4 Å². The molecule has 0 bridgehead atoms. The summed E-state index contributed by atoms with van der Waals surface area (Å²) in [4.78, 5) is 24.6. The van der Waals surface area contributed by atoms with Crippen molar-refractivity contribution in [1.82, 2.24) is 15.1 Å². The number of halogens is 2. The Kier molecular flexibility index (Phi) is 5.25. The van der Waals surface area contributed by atoms with E-state index in [1.807, 2.05) is 13.0 Å². The molecule has 1 heterocycles. The van der Waals surface area contributed by atoms with Gasteiger partial charge in [-0.2, -0.15) is 5.10 Å². The predicted octanol–water partition coefficient (Wildman–Crippen LogP) is 3.26. The number of hydrogen-bond donors (Lipinski definition) is 2. The third-order valence-corrected chi connectivity index (χ3v) is 5.27. The molecule has 0 radical (unpaired) electrons. The molecule has 0 aliphatic heterocycles. The molecule has 1 fully saturated rings. The minimum atomic E-state index is -0.722. The summed E-state index contributed by atoms with van der Waals surface area (Å²) in [6, 6.07) is 5.31. The Morgan fingerprint density at radius 1 is 1.27 bits per heavy atom. The molecular weight excluding hydrogens is 375 g/mol. The van der Waals surface area contributed by atoms with E-state index in [9.17, 15) is 9.59 Å². The van der Waals surface area contributed by atoms with Crippen LogP contribution in [0, 0.1) is 6.92 Å². The smallest absolute Gasteiger partial charge is 0.314 e. The van der Waals surface area contributed by atoms with Gasteiger partial charge in [-0.3, -0.25) is 14.3 Å². The number of nitrogens with zero attached hydrogens (tertiary/aromatic N) is 2. The summed E-state index contributed by atoms with van der Waals surface area (Å²) in [7, 11) is 1.75. The van der Waals surface area contributed by atoms with Gasteiger partial charge in [0.1, 0.15) is 0 Å². The quantitative estimate of drug-likeness (QED) is 0.781. The van der Waals surface area contributed by atoms with Crippen LogP contribution >= 0.6 is 23.2 Å². The monoisotopic (exact) mass is 394 g/mol. The number of benzene rings is 1. The van der Waals surface area contributed by atoms with E-state index in [1.54, 1.807) is 30.1 Å². The fraction of sp³-hybridized carbons (Fsp3) is 0.389. The topological polar surface area (TPSA) is 76.0 Å². The Morgan fingerprint density at radius 3 is 2.54 bits per heavy atom. The van der Waals surface area contributed by atoms with Crippen molar-refractivity contribution in [1.29, 1.82) is 0 Å². The molecule has 6 nitrogen and oxygen atoms in total. The van der Waals surface area contributed by atoms with Gasteiger partial charge in [0.15, 0.2) is 5.82 Å². The van der Waals surface area contributed by atoms with Crippen molar-refractivity contribution in [3.63, 3.8) is 0 Å². The van der Waals surface area contributed by atoms with Crippen LogP contribution in [0.3, 0.4) is 0 Å². The van der Waals surface area contributed by atoms with E-state index in [0.29, 0.717) is 22.3 Å². The zero-order chi connectivity index (χ0) is 18.9. The molecular formula is C18H20Cl2N4O2. The van der Waals surface area contributed by atoms with Gasteiger partial charge in [-0.05, 0) is 50.3 Å². The summed E-state index contributed by atoms with van der Waals surface area (Å²) in [6.07, 6.45) is 4.92. The van der Waals surface area contributed by atoms with E-state index in [1.165, 1.54) is 0 Å². The van der Waals surface area contributed by atoms with Crippen molar-refractivity contribution in [3.05, 3.63) is 45.6 Å². The first-order valence-electron chi connectivity index (χ1n) is 8.36. The minimum Gasteiger partial charge on any atom is -0.342 e. The lowest BCUT2D eigenvalue weighted by molar-refractivity contribution is -0.138. The number of nitrogens with one attached hydrogen (secondary N) is 2. The van der Waals surface area contributed by atoms with E-state index >= 15 is 0 Å². The lowest BCUT2D eigenvalue weighted by atomic mass is 9.72. The van der Waals surface area contributed by atoms with Gasteiger partial charge in [0.2, 0.25) is 0 Å². The highest BCUT2D eigenvalue weighted by atomic mass is 35.5. The fourth-order valence-corrected chi connectivity index (χ4v) is 3.65. The van der Waals surface area contributed by atoms with Crippen LogP contribution in [-0.2, 0) is 23.1 Å². The maximum absolute atomic E-state index is 12.4. The van der Waals surface area contributed by atoms with E-state index in [-0.39, 0.29) is 0 Å². The van der Waals surface area contributed by atoms with Crippen LogP contribution < -0.4 is 10.6 Å². The Morgan fingerprint density at radius 2 is 2.00 bits per heavy atom. The molecule has 1 aliphatic rings. The summed E-state index contributed by atoms with van der Waals surface area (Å²) >= 11 is 12.2. The number of carbonyl (C=O) groups excluding carboxylic acids is 2. The van der Waals surface area contributed by atoms with E-state index in [2.05, 4.69) is 15.7 Å². The third kappa shape index (κ3) is 4.02. The third-order valence-electron chi connectivity index (χ3n) is 4.68. The summed E-state index contributed by atoms with van der Waals surface area (Å²) in [5.74, 6) is -1.00. The van der Waals surface area contributed by atoms with Crippen LogP contribution in [0.2, 0.25) is 10.0 Å². The maximum atomic E-state index is 12.4. The minimum absolute atomic E-state index is 0.385. The lowest BCUT2D eigenvalue weighted by Gasteiger charge is -2.42. The molecule has 2 amide bonds. The molecule has 8 heteroatoms. The fourth-order valence-electron chi connectivity index (χ4n) is 3.17. The largest absolute Gasteiger partial charge is 0.342 e. The maximum Gasteiger partial charge on any atom is 0.314 e. The van der Waals surface area contributed by atoms with Crippen LogP contribution in [0.15, 0.2) is 24.4 Å². The Labute approximate surface area is 161 Å². The first-order valence-corrected chi connectivity index (χ1v) is 9.11. The lowest BCUT2D eigenvalue weighted by Crippen LogP contribution is -2.57. The first kappa shape index (κ1) is 18.7. The van der Waals surface area contributed by atoms with E-state index in [4.69, 9.17) is 23.2 Å². The van der Waals surface area contributed by atoms with Crippen molar-refractivity contribution in [2.75, 3.05) is 5.32 Å². The molecule has 1 saturated carbocycles. The number of aryl methyl sites for hydroxylation is 2. The highest BCUT2D eigenvalue weighted by Crippen LogP contribution is 2.37. The highest BCUT2D eigenvalue weighted by Gasteiger charge is 2.40. The zero-order valence-electron chi connectivity index (χ0n) is 14.6. The van der Waals surface area contributed by atoms with E-state index < -0.39 is 17.4 Å². The van der Waals surface area contributed by atoms with Gasteiger partial charge in [-0.15, -0.1) is 0 Å². The second-order valence-electron chi connectivity index (χ2n) is 6.79. The second-order valence-corrected chi connectivity index (χ2v) is 7.63. The van der Waals surface area contributed by atoms with Crippen LogP contribution in [0.5, 0.6) is 0 Å². The summed E-state index contributed by atoms with van der Waals surface area (Å²) in [5, 5.41) is 10.7. The average molecular weight is 395 g/mol. The van der Waals surface area contributed by atoms with Crippen LogP contribution in [0.1, 0.15) is 30.4 Å². The summed E-state index contributed by atoms with van der Waals surface area (Å²) < 4.78 is 1.58. The van der Waals surface area contributed by atoms with Gasteiger partial charge in [-0.25, -0.2) is 0 Å². The summed E-state index contributed by atoms with van der Waals surface area (Å²) in [6.45, 7) is 1.82. The standard InChI is InChI=1S/C18H20Cl2N4O2/c1-11-10-24(2)23-15(11)21-16(25)17(26)22-18(6-3-7-18)9-12-4-5-13(19)8-14(12)20/h4-5,8,10H,3,6-7,9H2,1-2H3,(H,22,26)(H,21,23,25). The molecule has 138 valence electrons. The Balaban J connectivity index is 1.67. The second kappa shape index (κ2) is 7.29. The number of rotatable bonds is 4. The molecule has 26 heavy (non-hydrogen) atoms. The van der Waals surface area contributed by atoms with Crippen molar-refractivity contribution in [2.24, 2.45) is 7.05 Å². The van der Waals surface area contributed by atoms with Gasteiger partial charge in [0.05, 0.1) is 0 Å². The number of amides is 2. The molecule has 0 spiro atoms. The molecule has 2 aromatic rings. The van der Waals surface area contributed by atoms with Gasteiger partial charge in [0, 0.05) is 34.4 Å². The molecule has 0 unspecified atom stereocenters. The van der Waals surface area contributed by atoms with Crippen LogP contribution in [-0.4, -0.2) is 27.1 Å². The molecule has 1 aromatic heterocycles. The number of aromatic nitrogens is 2. The highest BCUT2D eigenvalue weighted by molar-refractivity contribution is 6.39. The number of anilines is 1. The van der Waals surface area contributed by atoms with Gasteiger partial charge < -0.3 is 10.6 Å². The molecule has 1 aliphatic carbocycles. The Hall–Kier alpha value is -2.05. The normalized spacial score (nSPS) is 15.2. The van der Waals surface area contributed by atoms with Crippen molar-refractivity contribution in [2.45, 2.75) is 38.1 Å². The van der Waals surface area contributed by atoms with Crippen molar-refractivity contribution in [3.8, 4) is 0 Å². The first-order chi connectivity index (χ1) is 12.3. The molecule has 1 aromatic carbocycles. The Bertz CT molecular complexity index is 859. The SMILES string of the molecule is Cc1cn(C)nc1NC(=O)C(=O)NC1(Cc2ccc(Cl)cc2Cl)CCC1. The van der Waals surface area contributed by atoms with Crippen LogP contribution in [0.4, 0.5) is 5.82 Å². The van der Waals surface area contributed by atoms with Crippen molar-refractivity contribution >= 4 is 40.8 Å².